The second kappa shape index (κ2) is 5.84. The van der Waals surface area contributed by atoms with Crippen molar-refractivity contribution in [2.75, 3.05) is 6.54 Å². The minimum atomic E-state index is 0.117. The average Bonchev–Trinajstić information content (AvgIpc) is 2.81. The van der Waals surface area contributed by atoms with Crippen molar-refractivity contribution in [2.24, 2.45) is 5.92 Å². The third-order valence-corrected chi connectivity index (χ3v) is 3.40. The minimum Gasteiger partial charge on any atom is -0.356 e. The highest BCUT2D eigenvalue weighted by atomic mass is 16.1. The molecular weight excluding hydrogens is 214 g/mol. The molecule has 94 valence electrons. The molecule has 1 aliphatic heterocycles. The Kier molecular flexibility index (Phi) is 4.18. The molecular formula is C13H21N3O. The summed E-state index contributed by atoms with van der Waals surface area (Å²) in [5.41, 5.74) is 0. The van der Waals surface area contributed by atoms with Crippen LogP contribution in [0.25, 0.3) is 0 Å². The van der Waals surface area contributed by atoms with E-state index in [9.17, 15) is 4.79 Å². The van der Waals surface area contributed by atoms with Crippen LogP contribution in [-0.4, -0.2) is 22.0 Å². The number of hydrogen-bond acceptors (Lipinski definition) is 2. The van der Waals surface area contributed by atoms with Crippen LogP contribution in [0.1, 0.15) is 38.4 Å². The van der Waals surface area contributed by atoms with Crippen LogP contribution in [0, 0.1) is 5.92 Å². The lowest BCUT2D eigenvalue weighted by Gasteiger charge is -2.22. The molecule has 1 atom stereocenters. The lowest BCUT2D eigenvalue weighted by molar-refractivity contribution is -0.125. The van der Waals surface area contributed by atoms with Crippen LogP contribution in [0.15, 0.2) is 12.4 Å². The summed E-state index contributed by atoms with van der Waals surface area (Å²) >= 11 is 0. The Labute approximate surface area is 102 Å². The fraction of sp³-hybridized carbons (Fsp3) is 0.692. The second-order valence-electron chi connectivity index (χ2n) is 4.72. The molecule has 0 bridgehead atoms. The molecule has 0 aliphatic carbocycles. The summed E-state index contributed by atoms with van der Waals surface area (Å²) in [6.07, 6.45) is 8.99. The topological polar surface area (TPSA) is 46.9 Å². The van der Waals surface area contributed by atoms with Crippen molar-refractivity contribution < 1.29 is 4.79 Å². The van der Waals surface area contributed by atoms with E-state index in [1.807, 2.05) is 12.4 Å². The van der Waals surface area contributed by atoms with Gasteiger partial charge >= 0.3 is 0 Å². The minimum absolute atomic E-state index is 0.117. The summed E-state index contributed by atoms with van der Waals surface area (Å²) in [6, 6.07) is 0. The molecule has 0 fully saturated rings. The van der Waals surface area contributed by atoms with Gasteiger partial charge in [-0.3, -0.25) is 4.79 Å². The molecule has 17 heavy (non-hydrogen) atoms. The van der Waals surface area contributed by atoms with Gasteiger partial charge in [-0.05, 0) is 12.8 Å². The largest absolute Gasteiger partial charge is 0.356 e. The fourth-order valence-corrected chi connectivity index (χ4v) is 2.31. The maximum Gasteiger partial charge on any atom is 0.223 e. The van der Waals surface area contributed by atoms with E-state index in [4.69, 9.17) is 0 Å². The molecule has 0 aromatic carbocycles. The zero-order valence-corrected chi connectivity index (χ0v) is 10.5. The molecule has 4 nitrogen and oxygen atoms in total. The molecule has 0 radical (unpaired) electrons. The molecule has 1 aliphatic rings. The Morgan fingerprint density at radius 1 is 1.59 bits per heavy atom. The lowest BCUT2D eigenvalue weighted by Crippen LogP contribution is -2.35. The molecule has 1 amide bonds. The Hall–Kier alpha value is -1.32. The molecule has 0 saturated carbocycles. The first-order valence-electron chi connectivity index (χ1n) is 6.59. The quantitative estimate of drug-likeness (QED) is 0.790. The number of unbranched alkanes of at least 4 members (excludes halogenated alkanes) is 2. The zero-order valence-electron chi connectivity index (χ0n) is 10.5. The van der Waals surface area contributed by atoms with Gasteiger partial charge in [0.15, 0.2) is 0 Å². The molecule has 1 aromatic rings. The van der Waals surface area contributed by atoms with E-state index < -0.39 is 0 Å². The van der Waals surface area contributed by atoms with Gasteiger partial charge in [0.25, 0.3) is 0 Å². The second-order valence-corrected chi connectivity index (χ2v) is 4.72. The number of rotatable bonds is 5. The van der Waals surface area contributed by atoms with Crippen molar-refractivity contribution in [3.05, 3.63) is 18.2 Å². The maximum absolute atomic E-state index is 11.9. The number of carbonyl (C=O) groups excluding carboxylic acids is 1. The van der Waals surface area contributed by atoms with Gasteiger partial charge in [-0.15, -0.1) is 0 Å². The van der Waals surface area contributed by atoms with Crippen LogP contribution in [0.3, 0.4) is 0 Å². The summed E-state index contributed by atoms with van der Waals surface area (Å²) < 4.78 is 2.14. The van der Waals surface area contributed by atoms with Crippen molar-refractivity contribution >= 4 is 5.91 Å². The first kappa shape index (κ1) is 12.1. The molecule has 1 unspecified atom stereocenters. The van der Waals surface area contributed by atoms with Crippen LogP contribution in [0.5, 0.6) is 0 Å². The van der Waals surface area contributed by atoms with Crippen LogP contribution in [0.4, 0.5) is 0 Å². The maximum atomic E-state index is 11.9. The van der Waals surface area contributed by atoms with Crippen molar-refractivity contribution in [1.82, 2.24) is 14.9 Å². The summed E-state index contributed by atoms with van der Waals surface area (Å²) in [5.74, 6) is 1.37. The Morgan fingerprint density at radius 2 is 2.47 bits per heavy atom. The van der Waals surface area contributed by atoms with E-state index in [1.54, 1.807) is 0 Å². The number of nitrogens with zero attached hydrogens (tertiary/aromatic N) is 2. The number of hydrogen-bond donors (Lipinski definition) is 1. The molecule has 1 N–H and O–H groups in total. The molecule has 0 saturated heterocycles. The van der Waals surface area contributed by atoms with Crippen molar-refractivity contribution in [2.45, 2.75) is 45.6 Å². The van der Waals surface area contributed by atoms with Crippen molar-refractivity contribution in [1.29, 1.82) is 0 Å². The molecule has 0 spiro atoms. The van der Waals surface area contributed by atoms with Crippen LogP contribution in [-0.2, 0) is 17.8 Å². The Morgan fingerprint density at radius 3 is 3.29 bits per heavy atom. The number of aryl methyl sites for hydroxylation is 1. The standard InChI is InChI=1S/C13H21N3O/c1-2-3-4-6-15-13(17)11-5-8-16-9-7-14-12(16)10-11/h7,9,11H,2-6,8,10H2,1H3,(H,15,17). The van der Waals surface area contributed by atoms with Gasteiger partial charge in [0, 0.05) is 37.8 Å². The zero-order chi connectivity index (χ0) is 12.1. The van der Waals surface area contributed by atoms with Crippen molar-refractivity contribution in [3.8, 4) is 0 Å². The van der Waals surface area contributed by atoms with Crippen molar-refractivity contribution in [3.63, 3.8) is 0 Å². The number of carbonyl (C=O) groups is 1. The van der Waals surface area contributed by atoms with Crippen LogP contribution >= 0.6 is 0 Å². The summed E-state index contributed by atoms with van der Waals surface area (Å²) in [7, 11) is 0. The van der Waals surface area contributed by atoms with Gasteiger partial charge in [-0.2, -0.15) is 0 Å². The van der Waals surface area contributed by atoms with Gasteiger partial charge in [0.05, 0.1) is 0 Å². The predicted octanol–water partition coefficient (Wildman–Crippen LogP) is 1.75. The number of imidazole rings is 1. The average molecular weight is 235 g/mol. The fourth-order valence-electron chi connectivity index (χ4n) is 2.31. The monoisotopic (exact) mass is 235 g/mol. The third kappa shape index (κ3) is 3.08. The molecule has 1 aromatic heterocycles. The normalized spacial score (nSPS) is 18.8. The van der Waals surface area contributed by atoms with Gasteiger partial charge in [-0.25, -0.2) is 4.98 Å². The third-order valence-electron chi connectivity index (χ3n) is 3.40. The number of fused-ring (bicyclic) bond motifs is 1. The smallest absolute Gasteiger partial charge is 0.223 e. The first-order valence-corrected chi connectivity index (χ1v) is 6.59. The highest BCUT2D eigenvalue weighted by Gasteiger charge is 2.24. The van der Waals surface area contributed by atoms with E-state index in [0.717, 1.165) is 38.2 Å². The van der Waals surface area contributed by atoms with E-state index in [0.29, 0.717) is 0 Å². The van der Waals surface area contributed by atoms with Gasteiger partial charge in [0.1, 0.15) is 5.82 Å². The number of nitrogens with one attached hydrogen (secondary N) is 1. The molecule has 4 heteroatoms. The highest BCUT2D eigenvalue weighted by molar-refractivity contribution is 5.78. The van der Waals surface area contributed by atoms with Gasteiger partial charge in [-0.1, -0.05) is 19.8 Å². The lowest BCUT2D eigenvalue weighted by atomic mass is 9.97. The summed E-state index contributed by atoms with van der Waals surface area (Å²) in [6.45, 7) is 3.91. The summed E-state index contributed by atoms with van der Waals surface area (Å²) in [5, 5.41) is 3.03. The van der Waals surface area contributed by atoms with E-state index in [2.05, 4.69) is 21.8 Å². The summed E-state index contributed by atoms with van der Waals surface area (Å²) in [4.78, 5) is 16.2. The Balaban J connectivity index is 1.78. The van der Waals surface area contributed by atoms with Crippen LogP contribution in [0.2, 0.25) is 0 Å². The number of amides is 1. The predicted molar refractivity (Wildman–Crippen MR) is 66.6 cm³/mol. The van der Waals surface area contributed by atoms with E-state index in [-0.39, 0.29) is 11.8 Å². The van der Waals surface area contributed by atoms with Gasteiger partial charge in [0.2, 0.25) is 5.91 Å². The highest BCUT2D eigenvalue weighted by Crippen LogP contribution is 2.19. The van der Waals surface area contributed by atoms with E-state index in [1.165, 1.54) is 12.8 Å². The molecule has 2 rings (SSSR count). The SMILES string of the molecule is CCCCCNC(=O)C1CCn2ccnc2C1. The molecule has 2 heterocycles. The Bertz CT molecular complexity index is 372. The van der Waals surface area contributed by atoms with E-state index >= 15 is 0 Å². The van der Waals surface area contributed by atoms with Crippen LogP contribution < -0.4 is 5.32 Å². The first-order chi connectivity index (χ1) is 8.31. The number of aromatic nitrogens is 2. The van der Waals surface area contributed by atoms with Gasteiger partial charge < -0.3 is 9.88 Å².